The molecule has 0 saturated heterocycles. The summed E-state index contributed by atoms with van der Waals surface area (Å²) in [6, 6.07) is 5.85. The first-order valence-corrected chi connectivity index (χ1v) is 4.75. The summed E-state index contributed by atoms with van der Waals surface area (Å²) < 4.78 is 9.37. The molecule has 1 N–H and O–H groups in total. The number of carboxylic acids is 1. The second-order valence-corrected chi connectivity index (χ2v) is 3.14. The van der Waals surface area contributed by atoms with Crippen LogP contribution in [0.2, 0.25) is 0 Å². The lowest BCUT2D eigenvalue weighted by Crippen LogP contribution is -2.05. The Kier molecular flexibility index (Phi) is 4.28. The van der Waals surface area contributed by atoms with Crippen LogP contribution < -0.4 is 0 Å². The third-order valence-corrected chi connectivity index (χ3v) is 2.08. The van der Waals surface area contributed by atoms with Gasteiger partial charge in [0.15, 0.2) is 0 Å². The Morgan fingerprint density at radius 1 is 1.12 bits per heavy atom. The van der Waals surface area contributed by atoms with Crippen molar-refractivity contribution in [1.29, 1.82) is 0 Å². The number of carbonyl (C=O) groups excluding carboxylic acids is 1. The van der Waals surface area contributed by atoms with Crippen molar-refractivity contribution in [3.05, 3.63) is 41.7 Å². The normalized spacial score (nSPS) is 10.8. The first kappa shape index (κ1) is 12.8. The highest BCUT2D eigenvalue weighted by atomic mass is 16.5. The lowest BCUT2D eigenvalue weighted by molar-refractivity contribution is -0.133. The second kappa shape index (κ2) is 5.69. The molecule has 1 aromatic carbocycles. The van der Waals surface area contributed by atoms with Crippen LogP contribution in [-0.4, -0.2) is 31.3 Å². The topological polar surface area (TPSA) is 72.8 Å². The predicted octanol–water partition coefficient (Wildman–Crippen LogP) is 1.55. The molecule has 17 heavy (non-hydrogen) atoms. The molecule has 0 saturated carbocycles. The van der Waals surface area contributed by atoms with Gasteiger partial charge in [-0.25, -0.2) is 9.59 Å². The van der Waals surface area contributed by atoms with Gasteiger partial charge in [0.05, 0.1) is 26.0 Å². The van der Waals surface area contributed by atoms with E-state index in [1.807, 2.05) is 0 Å². The standard InChI is InChI=1S/C12H12O5/c1-16-7-10(12(15)17-2)8-3-5-9(6-4-8)11(13)14/h3-7H,1-2H3,(H,13,14). The van der Waals surface area contributed by atoms with E-state index in [4.69, 9.17) is 9.84 Å². The molecule has 5 heteroatoms. The molecule has 0 aliphatic heterocycles. The fraction of sp³-hybridized carbons (Fsp3) is 0.167. The fourth-order valence-corrected chi connectivity index (χ4v) is 1.25. The minimum absolute atomic E-state index is 0.149. The van der Waals surface area contributed by atoms with E-state index in [9.17, 15) is 9.59 Å². The van der Waals surface area contributed by atoms with Crippen molar-refractivity contribution in [2.45, 2.75) is 0 Å². The first-order chi connectivity index (χ1) is 8.10. The molecule has 0 atom stereocenters. The van der Waals surface area contributed by atoms with Crippen LogP contribution >= 0.6 is 0 Å². The zero-order valence-corrected chi connectivity index (χ0v) is 9.47. The molecule has 90 valence electrons. The third-order valence-electron chi connectivity index (χ3n) is 2.08. The number of carboxylic acid groups (broad SMARTS) is 1. The first-order valence-electron chi connectivity index (χ1n) is 4.75. The molecule has 0 spiro atoms. The summed E-state index contributed by atoms with van der Waals surface area (Å²) in [5.41, 5.74) is 0.908. The number of carbonyl (C=O) groups is 2. The Hall–Kier alpha value is -2.30. The minimum atomic E-state index is -1.02. The summed E-state index contributed by atoms with van der Waals surface area (Å²) in [5, 5.41) is 8.74. The molecule has 0 fully saturated rings. The summed E-state index contributed by atoms with van der Waals surface area (Å²) >= 11 is 0. The van der Waals surface area contributed by atoms with Gasteiger partial charge in [-0.15, -0.1) is 0 Å². The van der Waals surface area contributed by atoms with Crippen molar-refractivity contribution in [3.63, 3.8) is 0 Å². The zero-order chi connectivity index (χ0) is 12.8. The summed E-state index contributed by atoms with van der Waals surface area (Å²) in [6.07, 6.45) is 1.25. The van der Waals surface area contributed by atoms with Crippen LogP contribution in [0.5, 0.6) is 0 Å². The molecule has 0 aliphatic rings. The van der Waals surface area contributed by atoms with Crippen molar-refractivity contribution >= 4 is 17.5 Å². The van der Waals surface area contributed by atoms with E-state index in [0.717, 1.165) is 0 Å². The molecule has 0 unspecified atom stereocenters. The van der Waals surface area contributed by atoms with Gasteiger partial charge in [-0.1, -0.05) is 12.1 Å². The van der Waals surface area contributed by atoms with Gasteiger partial charge in [0, 0.05) is 0 Å². The SMILES string of the molecule is COC=C(C(=O)OC)c1ccc(C(=O)O)cc1. The average Bonchev–Trinajstić information content (AvgIpc) is 2.35. The van der Waals surface area contributed by atoms with Gasteiger partial charge in [0.1, 0.15) is 5.57 Å². The molecule has 1 aromatic rings. The maximum atomic E-state index is 11.4. The number of benzene rings is 1. The summed E-state index contributed by atoms with van der Waals surface area (Å²) in [6.45, 7) is 0. The molecule has 5 nitrogen and oxygen atoms in total. The summed E-state index contributed by atoms with van der Waals surface area (Å²) in [7, 11) is 2.67. The van der Waals surface area contributed by atoms with Gasteiger partial charge in [-0.2, -0.15) is 0 Å². The number of aromatic carboxylic acids is 1. The smallest absolute Gasteiger partial charge is 0.341 e. The molecule has 0 amide bonds. The molecule has 1 rings (SSSR count). The van der Waals surface area contributed by atoms with E-state index in [0.29, 0.717) is 5.56 Å². The average molecular weight is 236 g/mol. The van der Waals surface area contributed by atoms with Crippen LogP contribution in [-0.2, 0) is 14.3 Å². The lowest BCUT2D eigenvalue weighted by atomic mass is 10.1. The predicted molar refractivity (Wildman–Crippen MR) is 60.4 cm³/mol. The van der Waals surface area contributed by atoms with E-state index in [2.05, 4.69) is 4.74 Å². The number of hydrogen-bond donors (Lipinski definition) is 1. The number of methoxy groups -OCH3 is 2. The second-order valence-electron chi connectivity index (χ2n) is 3.14. The van der Waals surface area contributed by atoms with Gasteiger partial charge < -0.3 is 14.6 Å². The van der Waals surface area contributed by atoms with Crippen LogP contribution in [0.25, 0.3) is 5.57 Å². The largest absolute Gasteiger partial charge is 0.503 e. The monoisotopic (exact) mass is 236 g/mol. The van der Waals surface area contributed by atoms with Crippen LogP contribution in [0.1, 0.15) is 15.9 Å². The molecule has 0 radical (unpaired) electrons. The molecule has 0 heterocycles. The number of rotatable bonds is 4. The maximum Gasteiger partial charge on any atom is 0.341 e. The van der Waals surface area contributed by atoms with Crippen LogP contribution in [0.4, 0.5) is 0 Å². The van der Waals surface area contributed by atoms with Crippen LogP contribution in [0.3, 0.4) is 0 Å². The molecule has 0 aliphatic carbocycles. The zero-order valence-electron chi connectivity index (χ0n) is 9.47. The Balaban J connectivity index is 3.08. The van der Waals surface area contributed by atoms with Crippen molar-refractivity contribution in [3.8, 4) is 0 Å². The molecular formula is C12H12O5. The molecular weight excluding hydrogens is 224 g/mol. The highest BCUT2D eigenvalue weighted by molar-refractivity contribution is 6.16. The lowest BCUT2D eigenvalue weighted by Gasteiger charge is -2.05. The van der Waals surface area contributed by atoms with E-state index in [1.165, 1.54) is 44.7 Å². The molecule has 0 bridgehead atoms. The highest BCUT2D eigenvalue weighted by Gasteiger charge is 2.13. The third kappa shape index (κ3) is 3.07. The number of hydrogen-bond acceptors (Lipinski definition) is 4. The summed E-state index contributed by atoms with van der Waals surface area (Å²) in [5.74, 6) is -1.57. The van der Waals surface area contributed by atoms with Crippen molar-refractivity contribution < 1.29 is 24.2 Å². The Morgan fingerprint density at radius 2 is 1.65 bits per heavy atom. The van der Waals surface area contributed by atoms with Crippen molar-refractivity contribution in [1.82, 2.24) is 0 Å². The number of esters is 1. The summed E-state index contributed by atoms with van der Waals surface area (Å²) in [4.78, 5) is 22.1. The van der Waals surface area contributed by atoms with Crippen LogP contribution in [0, 0.1) is 0 Å². The Labute approximate surface area is 98.3 Å². The quantitative estimate of drug-likeness (QED) is 0.487. The Bertz CT molecular complexity index is 444. The van der Waals surface area contributed by atoms with Gasteiger partial charge in [-0.3, -0.25) is 0 Å². The van der Waals surface area contributed by atoms with E-state index < -0.39 is 11.9 Å². The van der Waals surface area contributed by atoms with Gasteiger partial charge in [0.2, 0.25) is 0 Å². The Morgan fingerprint density at radius 3 is 2.06 bits per heavy atom. The molecule has 0 aromatic heterocycles. The number of ether oxygens (including phenoxy) is 2. The van der Waals surface area contributed by atoms with Gasteiger partial charge in [0.25, 0.3) is 0 Å². The van der Waals surface area contributed by atoms with E-state index in [-0.39, 0.29) is 11.1 Å². The van der Waals surface area contributed by atoms with Crippen LogP contribution in [0.15, 0.2) is 30.5 Å². The highest BCUT2D eigenvalue weighted by Crippen LogP contribution is 2.17. The van der Waals surface area contributed by atoms with Crippen molar-refractivity contribution in [2.75, 3.05) is 14.2 Å². The van der Waals surface area contributed by atoms with Crippen molar-refractivity contribution in [2.24, 2.45) is 0 Å². The van der Waals surface area contributed by atoms with Gasteiger partial charge in [-0.05, 0) is 17.7 Å². The fourth-order valence-electron chi connectivity index (χ4n) is 1.25. The van der Waals surface area contributed by atoms with E-state index >= 15 is 0 Å². The minimum Gasteiger partial charge on any atom is -0.503 e. The maximum absolute atomic E-state index is 11.4. The van der Waals surface area contributed by atoms with E-state index in [1.54, 1.807) is 0 Å². The van der Waals surface area contributed by atoms with Gasteiger partial charge >= 0.3 is 11.9 Å².